The standard InChI is InChI=1S/C21H24/c1-2-6-19-14-17-10-9-16(11-12-18(19)5-1)13-20-7-3-4-8-21(20)15-17/h1-8,16-17H,9-15H2. The summed E-state index contributed by atoms with van der Waals surface area (Å²) in [7, 11) is 0. The van der Waals surface area contributed by atoms with Gasteiger partial charge in [0.25, 0.3) is 0 Å². The van der Waals surface area contributed by atoms with Crippen molar-refractivity contribution < 1.29 is 0 Å². The summed E-state index contributed by atoms with van der Waals surface area (Å²) in [6.07, 6.45) is 9.31. The molecule has 2 aromatic carbocycles. The molecule has 2 aliphatic rings. The third kappa shape index (κ3) is 2.77. The van der Waals surface area contributed by atoms with Crippen LogP contribution in [0.3, 0.4) is 0 Å². The first-order valence-corrected chi connectivity index (χ1v) is 8.52. The molecular formula is C21H24. The second-order valence-corrected chi connectivity index (χ2v) is 7.00. The maximum Gasteiger partial charge on any atom is -0.0244 e. The number of benzene rings is 2. The highest BCUT2D eigenvalue weighted by Gasteiger charge is 2.23. The molecule has 0 aromatic heterocycles. The van der Waals surface area contributed by atoms with Gasteiger partial charge in [0.05, 0.1) is 0 Å². The quantitative estimate of drug-likeness (QED) is 0.636. The number of aryl methyl sites for hydroxylation is 1. The van der Waals surface area contributed by atoms with Crippen LogP contribution < -0.4 is 0 Å². The smallest absolute Gasteiger partial charge is 0.0244 e. The lowest BCUT2D eigenvalue weighted by Gasteiger charge is -2.25. The molecule has 0 saturated carbocycles. The van der Waals surface area contributed by atoms with E-state index < -0.39 is 0 Å². The fourth-order valence-electron chi connectivity index (χ4n) is 4.35. The first-order chi connectivity index (χ1) is 10.4. The van der Waals surface area contributed by atoms with Crippen molar-refractivity contribution in [1.29, 1.82) is 0 Å². The van der Waals surface area contributed by atoms with Gasteiger partial charge in [0.1, 0.15) is 0 Å². The summed E-state index contributed by atoms with van der Waals surface area (Å²) >= 11 is 0. The number of fused-ring (bicyclic) bond motifs is 5. The maximum absolute atomic E-state index is 2.37. The van der Waals surface area contributed by atoms with Crippen molar-refractivity contribution in [1.82, 2.24) is 0 Å². The van der Waals surface area contributed by atoms with E-state index in [4.69, 9.17) is 0 Å². The fraction of sp³-hybridized carbons (Fsp3) is 0.429. The Morgan fingerprint density at radius 1 is 0.524 bits per heavy atom. The zero-order valence-electron chi connectivity index (χ0n) is 12.7. The molecule has 0 radical (unpaired) electrons. The molecule has 0 heterocycles. The Bertz CT molecular complexity index is 625. The van der Waals surface area contributed by atoms with Crippen molar-refractivity contribution in [3.8, 4) is 0 Å². The van der Waals surface area contributed by atoms with Gasteiger partial charge < -0.3 is 0 Å². The van der Waals surface area contributed by atoms with Crippen molar-refractivity contribution >= 4 is 0 Å². The van der Waals surface area contributed by atoms with Gasteiger partial charge in [-0.15, -0.1) is 0 Å². The molecule has 2 aliphatic carbocycles. The lowest BCUT2D eigenvalue weighted by atomic mass is 9.80. The fourth-order valence-corrected chi connectivity index (χ4v) is 4.35. The van der Waals surface area contributed by atoms with Gasteiger partial charge in [-0.2, -0.15) is 0 Å². The third-order valence-electron chi connectivity index (χ3n) is 5.57. The molecule has 2 bridgehead atoms. The summed E-state index contributed by atoms with van der Waals surface area (Å²) in [6.45, 7) is 0. The van der Waals surface area contributed by atoms with Crippen LogP contribution in [0.5, 0.6) is 0 Å². The Kier molecular flexibility index (Phi) is 3.55. The zero-order chi connectivity index (χ0) is 14.1. The van der Waals surface area contributed by atoms with Gasteiger partial charge in [0, 0.05) is 0 Å². The zero-order valence-corrected chi connectivity index (χ0v) is 12.7. The van der Waals surface area contributed by atoms with Crippen LogP contribution in [-0.2, 0) is 25.7 Å². The van der Waals surface area contributed by atoms with E-state index in [0.29, 0.717) is 0 Å². The minimum absolute atomic E-state index is 0.827. The minimum Gasteiger partial charge on any atom is -0.0620 e. The number of hydrogen-bond acceptors (Lipinski definition) is 0. The molecule has 2 unspecified atom stereocenters. The van der Waals surface area contributed by atoms with Gasteiger partial charge in [0.2, 0.25) is 0 Å². The summed E-state index contributed by atoms with van der Waals surface area (Å²) in [4.78, 5) is 0. The van der Waals surface area contributed by atoms with E-state index in [1.807, 2.05) is 0 Å². The van der Waals surface area contributed by atoms with Crippen LogP contribution in [0.2, 0.25) is 0 Å². The van der Waals surface area contributed by atoms with E-state index in [1.54, 1.807) is 22.3 Å². The number of hydrogen-bond donors (Lipinski definition) is 0. The first-order valence-electron chi connectivity index (χ1n) is 8.52. The third-order valence-corrected chi connectivity index (χ3v) is 5.57. The van der Waals surface area contributed by atoms with Gasteiger partial charge in [0.15, 0.2) is 0 Å². The van der Waals surface area contributed by atoms with E-state index in [-0.39, 0.29) is 0 Å². The summed E-state index contributed by atoms with van der Waals surface area (Å²) in [5, 5.41) is 0. The van der Waals surface area contributed by atoms with Crippen LogP contribution in [0.25, 0.3) is 0 Å². The highest BCUT2D eigenvalue weighted by molar-refractivity contribution is 5.32. The van der Waals surface area contributed by atoms with Crippen molar-refractivity contribution in [3.05, 3.63) is 70.8 Å². The topological polar surface area (TPSA) is 0 Å². The summed E-state index contributed by atoms with van der Waals surface area (Å²) in [5.41, 5.74) is 6.47. The molecule has 0 aliphatic heterocycles. The van der Waals surface area contributed by atoms with E-state index in [1.165, 1.54) is 44.9 Å². The molecule has 2 atom stereocenters. The molecule has 4 rings (SSSR count). The highest BCUT2D eigenvalue weighted by atomic mass is 14.3. The molecule has 2 aromatic rings. The summed E-state index contributed by atoms with van der Waals surface area (Å²) in [5.74, 6) is 1.70. The molecule has 0 nitrogen and oxygen atoms in total. The predicted octanol–water partition coefficient (Wildman–Crippen LogP) is 4.99. The monoisotopic (exact) mass is 276 g/mol. The van der Waals surface area contributed by atoms with Crippen LogP contribution in [0.4, 0.5) is 0 Å². The van der Waals surface area contributed by atoms with Gasteiger partial charge in [-0.25, -0.2) is 0 Å². The van der Waals surface area contributed by atoms with Crippen LogP contribution in [0.1, 0.15) is 41.5 Å². The molecule has 0 amide bonds. The first kappa shape index (κ1) is 13.1. The summed E-state index contributed by atoms with van der Waals surface area (Å²) < 4.78 is 0. The van der Waals surface area contributed by atoms with E-state index in [0.717, 1.165) is 11.8 Å². The van der Waals surface area contributed by atoms with Gasteiger partial charge >= 0.3 is 0 Å². The molecule has 0 N–H and O–H groups in total. The average Bonchev–Trinajstić information content (AvgIpc) is 2.55. The highest BCUT2D eigenvalue weighted by Crippen LogP contribution is 2.33. The van der Waals surface area contributed by atoms with Crippen LogP contribution in [0, 0.1) is 11.8 Å². The molecule has 0 heteroatoms. The normalized spacial score (nSPS) is 24.8. The Morgan fingerprint density at radius 3 is 1.67 bits per heavy atom. The predicted molar refractivity (Wildman–Crippen MR) is 88.5 cm³/mol. The van der Waals surface area contributed by atoms with E-state index >= 15 is 0 Å². The second-order valence-electron chi connectivity index (χ2n) is 7.00. The Balaban J connectivity index is 1.73. The van der Waals surface area contributed by atoms with E-state index in [2.05, 4.69) is 48.5 Å². The van der Waals surface area contributed by atoms with Crippen molar-refractivity contribution in [2.45, 2.75) is 44.9 Å². The van der Waals surface area contributed by atoms with Crippen LogP contribution >= 0.6 is 0 Å². The Hall–Kier alpha value is -1.56. The molecule has 21 heavy (non-hydrogen) atoms. The van der Waals surface area contributed by atoms with E-state index in [9.17, 15) is 0 Å². The summed E-state index contributed by atoms with van der Waals surface area (Å²) in [6, 6.07) is 18.4. The molecule has 0 saturated heterocycles. The molecular weight excluding hydrogens is 252 g/mol. The molecule has 0 fully saturated rings. The lowest BCUT2D eigenvalue weighted by molar-refractivity contribution is 0.364. The van der Waals surface area contributed by atoms with Gasteiger partial charge in [-0.05, 0) is 79.0 Å². The number of rotatable bonds is 0. The average molecular weight is 276 g/mol. The Labute approximate surface area is 128 Å². The lowest BCUT2D eigenvalue weighted by Crippen LogP contribution is -2.16. The minimum atomic E-state index is 0.827. The maximum atomic E-state index is 2.37. The van der Waals surface area contributed by atoms with Crippen molar-refractivity contribution in [2.75, 3.05) is 0 Å². The SMILES string of the molecule is c1ccc2c(c1)CCC1CCC(C2)Cc2ccccc2C1. The Morgan fingerprint density at radius 2 is 1.00 bits per heavy atom. The largest absolute Gasteiger partial charge is 0.0620 e. The molecule has 108 valence electrons. The molecule has 0 spiro atoms. The van der Waals surface area contributed by atoms with Crippen molar-refractivity contribution in [3.63, 3.8) is 0 Å². The second kappa shape index (κ2) is 5.67. The van der Waals surface area contributed by atoms with Crippen LogP contribution in [0.15, 0.2) is 48.5 Å². The van der Waals surface area contributed by atoms with Crippen molar-refractivity contribution in [2.24, 2.45) is 11.8 Å². The van der Waals surface area contributed by atoms with Gasteiger partial charge in [-0.1, -0.05) is 48.5 Å². The van der Waals surface area contributed by atoms with Crippen LogP contribution in [-0.4, -0.2) is 0 Å². The van der Waals surface area contributed by atoms with Gasteiger partial charge in [-0.3, -0.25) is 0 Å².